The van der Waals surface area contributed by atoms with E-state index < -0.39 is 0 Å². The molecule has 0 fully saturated rings. The van der Waals surface area contributed by atoms with Gasteiger partial charge in [-0.1, -0.05) is 103 Å². The van der Waals surface area contributed by atoms with Gasteiger partial charge in [-0.3, -0.25) is 5.32 Å². The van der Waals surface area contributed by atoms with E-state index in [1.54, 1.807) is 0 Å². The zero-order valence-corrected chi connectivity index (χ0v) is 28.5. The van der Waals surface area contributed by atoms with Gasteiger partial charge in [0.2, 0.25) is 0 Å². The second-order valence-electron chi connectivity index (χ2n) is 13.1. The van der Waals surface area contributed by atoms with E-state index in [2.05, 4.69) is 173 Å². The SMILES string of the molecule is C1=C(N(c2ccc(-c3ccc4oc5ccccc5c4c3)cc2)c2ccc(-c3ccc4sc5ccccc5c4c3)cc2)CNC(c2ccccc2)N1. The predicted molar refractivity (Wildman–Crippen MR) is 214 cm³/mol. The summed E-state index contributed by atoms with van der Waals surface area (Å²) in [6, 6.07) is 58.6. The molecule has 2 aromatic heterocycles. The fourth-order valence-corrected chi connectivity index (χ4v) is 8.48. The standard InChI is InChI=1S/C46H33N3OS/c1-2-8-32(9-3-1)46-47-28-37(29-48-46)49(35-20-14-30(15-21-35)33-18-24-43-40(26-33)38-10-4-6-12-42(38)50-43)36-22-16-31(17-23-36)34-19-25-45-41(27-34)39-11-5-7-13-44(39)51-45/h1-28,46-48H,29H2. The fourth-order valence-electron chi connectivity index (χ4n) is 7.40. The third-order valence-corrected chi connectivity index (χ3v) is 11.1. The van der Waals surface area contributed by atoms with E-state index in [1.165, 1.54) is 36.9 Å². The van der Waals surface area contributed by atoms with Gasteiger partial charge in [0.05, 0.1) is 5.70 Å². The third-order valence-electron chi connectivity index (χ3n) is 10.00. The van der Waals surface area contributed by atoms with Gasteiger partial charge < -0.3 is 14.6 Å². The molecule has 0 saturated carbocycles. The molecule has 2 N–H and O–H groups in total. The van der Waals surface area contributed by atoms with E-state index >= 15 is 0 Å². The average Bonchev–Trinajstić information content (AvgIpc) is 3.77. The van der Waals surface area contributed by atoms with Crippen molar-refractivity contribution in [1.82, 2.24) is 10.6 Å². The van der Waals surface area contributed by atoms with Crippen LogP contribution in [0.15, 0.2) is 180 Å². The largest absolute Gasteiger partial charge is 0.456 e. The maximum atomic E-state index is 6.09. The first-order chi connectivity index (χ1) is 25.2. The number of fused-ring (bicyclic) bond motifs is 6. The normalized spacial score (nSPS) is 14.6. The lowest BCUT2D eigenvalue weighted by atomic mass is 10.0. The summed E-state index contributed by atoms with van der Waals surface area (Å²) >= 11 is 1.86. The molecular formula is C46H33N3OS. The molecule has 10 rings (SSSR count). The summed E-state index contributed by atoms with van der Waals surface area (Å²) in [6.45, 7) is 0.711. The Morgan fingerprint density at radius 1 is 0.510 bits per heavy atom. The highest BCUT2D eigenvalue weighted by Gasteiger charge is 2.21. The van der Waals surface area contributed by atoms with Crippen molar-refractivity contribution in [2.75, 3.05) is 11.4 Å². The Hall–Kier alpha value is -6.14. The molecule has 4 nitrogen and oxygen atoms in total. The number of furan rings is 1. The fraction of sp³-hybridized carbons (Fsp3) is 0.0435. The third kappa shape index (κ3) is 5.35. The maximum absolute atomic E-state index is 6.09. The Balaban J connectivity index is 1.00. The highest BCUT2D eigenvalue weighted by molar-refractivity contribution is 7.25. The smallest absolute Gasteiger partial charge is 0.135 e. The van der Waals surface area contributed by atoms with E-state index in [4.69, 9.17) is 4.42 Å². The van der Waals surface area contributed by atoms with Crippen LogP contribution >= 0.6 is 11.3 Å². The second kappa shape index (κ2) is 12.3. The molecule has 3 heterocycles. The second-order valence-corrected chi connectivity index (χ2v) is 14.2. The summed E-state index contributed by atoms with van der Waals surface area (Å²) in [5, 5.41) is 12.2. The van der Waals surface area contributed by atoms with Gasteiger partial charge in [-0.05, 0) is 88.5 Å². The van der Waals surface area contributed by atoms with Crippen LogP contribution in [0.5, 0.6) is 0 Å². The van der Waals surface area contributed by atoms with E-state index in [-0.39, 0.29) is 6.17 Å². The summed E-state index contributed by atoms with van der Waals surface area (Å²) in [7, 11) is 0. The van der Waals surface area contributed by atoms with Crippen molar-refractivity contribution in [2.45, 2.75) is 6.17 Å². The van der Waals surface area contributed by atoms with Crippen LogP contribution in [0.2, 0.25) is 0 Å². The summed E-state index contributed by atoms with van der Waals surface area (Å²) in [6.07, 6.45) is 2.21. The molecule has 244 valence electrons. The van der Waals surface area contributed by atoms with Crippen LogP contribution < -0.4 is 15.5 Å². The molecule has 0 spiro atoms. The van der Waals surface area contributed by atoms with Crippen LogP contribution in [-0.4, -0.2) is 6.54 Å². The van der Waals surface area contributed by atoms with Gasteiger partial charge in [-0.15, -0.1) is 11.3 Å². The average molecular weight is 676 g/mol. The number of nitrogens with one attached hydrogen (secondary N) is 2. The number of anilines is 2. The van der Waals surface area contributed by atoms with Gasteiger partial charge in [-0.25, -0.2) is 0 Å². The van der Waals surface area contributed by atoms with E-state index in [9.17, 15) is 0 Å². The minimum atomic E-state index is 0.0542. The molecule has 1 aliphatic rings. The maximum Gasteiger partial charge on any atom is 0.135 e. The molecule has 0 radical (unpaired) electrons. The molecule has 9 aromatic rings. The number of nitrogens with zero attached hydrogens (tertiary/aromatic N) is 1. The summed E-state index contributed by atoms with van der Waals surface area (Å²) in [4.78, 5) is 2.34. The van der Waals surface area contributed by atoms with Crippen molar-refractivity contribution in [3.63, 3.8) is 0 Å². The summed E-state index contributed by atoms with van der Waals surface area (Å²) < 4.78 is 8.74. The lowest BCUT2D eigenvalue weighted by Gasteiger charge is -2.33. The van der Waals surface area contributed by atoms with Crippen LogP contribution in [0.25, 0.3) is 64.4 Å². The van der Waals surface area contributed by atoms with Gasteiger partial charge in [0.1, 0.15) is 17.3 Å². The van der Waals surface area contributed by atoms with Crippen LogP contribution in [0, 0.1) is 0 Å². The van der Waals surface area contributed by atoms with Gasteiger partial charge in [-0.2, -0.15) is 0 Å². The molecule has 5 heteroatoms. The lowest BCUT2D eigenvalue weighted by Crippen LogP contribution is -2.40. The zero-order chi connectivity index (χ0) is 33.7. The van der Waals surface area contributed by atoms with Gasteiger partial charge >= 0.3 is 0 Å². The van der Waals surface area contributed by atoms with Crippen molar-refractivity contribution in [3.8, 4) is 22.3 Å². The molecule has 1 unspecified atom stereocenters. The van der Waals surface area contributed by atoms with Gasteiger partial charge in [0.15, 0.2) is 0 Å². The highest BCUT2D eigenvalue weighted by Crippen LogP contribution is 2.39. The zero-order valence-electron chi connectivity index (χ0n) is 27.7. The molecule has 1 atom stereocenters. The molecule has 1 aliphatic heterocycles. The number of hydrogen-bond acceptors (Lipinski definition) is 5. The Morgan fingerprint density at radius 2 is 1.10 bits per heavy atom. The Morgan fingerprint density at radius 3 is 1.82 bits per heavy atom. The predicted octanol–water partition coefficient (Wildman–Crippen LogP) is 12.2. The quantitative estimate of drug-likeness (QED) is 0.184. The number of hydrogen-bond donors (Lipinski definition) is 2. The molecule has 0 aliphatic carbocycles. The number of benzene rings is 7. The number of para-hydroxylation sites is 1. The van der Waals surface area contributed by atoms with Crippen LogP contribution in [0.4, 0.5) is 11.4 Å². The minimum Gasteiger partial charge on any atom is -0.456 e. The first-order valence-electron chi connectivity index (χ1n) is 17.3. The molecule has 7 aromatic carbocycles. The molecule has 0 amide bonds. The lowest BCUT2D eigenvalue weighted by molar-refractivity contribution is 0.483. The van der Waals surface area contributed by atoms with E-state index in [1.807, 2.05) is 23.5 Å². The summed E-state index contributed by atoms with van der Waals surface area (Å²) in [5.41, 5.74) is 11.1. The molecule has 0 saturated heterocycles. The number of rotatable bonds is 6. The molecule has 51 heavy (non-hydrogen) atoms. The molecule has 0 bridgehead atoms. The van der Waals surface area contributed by atoms with E-state index in [0.29, 0.717) is 6.54 Å². The Labute approximate surface area is 299 Å². The monoisotopic (exact) mass is 675 g/mol. The van der Waals surface area contributed by atoms with Crippen molar-refractivity contribution < 1.29 is 4.42 Å². The molecular weight excluding hydrogens is 643 g/mol. The topological polar surface area (TPSA) is 40.4 Å². The van der Waals surface area contributed by atoms with Crippen molar-refractivity contribution in [2.24, 2.45) is 0 Å². The van der Waals surface area contributed by atoms with Crippen molar-refractivity contribution in [1.29, 1.82) is 0 Å². The summed E-state index contributed by atoms with van der Waals surface area (Å²) in [5.74, 6) is 0. The van der Waals surface area contributed by atoms with Gasteiger partial charge in [0, 0.05) is 55.1 Å². The first kappa shape index (κ1) is 29.7. The van der Waals surface area contributed by atoms with Crippen LogP contribution in [0.3, 0.4) is 0 Å². The van der Waals surface area contributed by atoms with Crippen LogP contribution in [0.1, 0.15) is 11.7 Å². The van der Waals surface area contributed by atoms with Crippen molar-refractivity contribution in [3.05, 3.63) is 181 Å². The number of thiophene rings is 1. The first-order valence-corrected chi connectivity index (χ1v) is 18.1. The van der Waals surface area contributed by atoms with Crippen molar-refractivity contribution >= 4 is 64.8 Å². The Bertz CT molecular complexity index is 2570. The highest BCUT2D eigenvalue weighted by atomic mass is 32.1. The Kier molecular flexibility index (Phi) is 7.19. The van der Waals surface area contributed by atoms with E-state index in [0.717, 1.165) is 50.1 Å². The minimum absolute atomic E-state index is 0.0542. The van der Waals surface area contributed by atoms with Crippen LogP contribution in [-0.2, 0) is 0 Å². The van der Waals surface area contributed by atoms with Gasteiger partial charge in [0.25, 0.3) is 0 Å².